The van der Waals surface area contributed by atoms with Crippen LogP contribution in [0, 0.1) is 12.8 Å². The molecule has 208 valence electrons. The number of ketones is 2. The Morgan fingerprint density at radius 2 is 1.85 bits per heavy atom. The summed E-state index contributed by atoms with van der Waals surface area (Å²) in [5, 5.41) is 4.27. The molecule has 0 aromatic carbocycles. The molecule has 5 heterocycles. The van der Waals surface area contributed by atoms with Crippen LogP contribution in [0.2, 0.25) is 0 Å². The van der Waals surface area contributed by atoms with Crippen LogP contribution < -0.4 is 10.9 Å². The molecular formula is C30H33N5O4S. The Morgan fingerprint density at radius 1 is 1.07 bits per heavy atom. The van der Waals surface area contributed by atoms with Crippen molar-refractivity contribution in [2.75, 3.05) is 18.4 Å². The van der Waals surface area contributed by atoms with Gasteiger partial charge in [-0.2, -0.15) is 0 Å². The molecule has 1 spiro atoms. The van der Waals surface area contributed by atoms with E-state index in [2.05, 4.69) is 15.3 Å². The van der Waals surface area contributed by atoms with Gasteiger partial charge in [0.15, 0.2) is 5.78 Å². The molecule has 1 saturated heterocycles. The molecule has 3 aromatic rings. The molecule has 2 aliphatic heterocycles. The highest BCUT2D eigenvalue weighted by atomic mass is 32.1. The number of carbonyl (C=O) groups excluding carboxylic acids is 3. The van der Waals surface area contributed by atoms with Gasteiger partial charge >= 0.3 is 0 Å². The molecule has 2 fully saturated rings. The van der Waals surface area contributed by atoms with Gasteiger partial charge in [-0.3, -0.25) is 23.7 Å². The molecule has 0 radical (unpaired) electrons. The molecule has 1 saturated carbocycles. The van der Waals surface area contributed by atoms with Gasteiger partial charge in [0.25, 0.3) is 5.56 Å². The third-order valence-corrected chi connectivity index (χ3v) is 10.6. The topological polar surface area (TPSA) is 114 Å². The minimum atomic E-state index is -0.407. The maximum Gasteiger partial charge on any atom is 0.275 e. The predicted octanol–water partition coefficient (Wildman–Crippen LogP) is 4.45. The van der Waals surface area contributed by atoms with Gasteiger partial charge in [0.05, 0.1) is 16.6 Å². The van der Waals surface area contributed by atoms with Gasteiger partial charge in [0.2, 0.25) is 5.91 Å². The zero-order valence-electron chi connectivity index (χ0n) is 22.8. The second-order valence-corrected chi connectivity index (χ2v) is 13.0. The van der Waals surface area contributed by atoms with E-state index in [1.165, 1.54) is 6.33 Å². The highest BCUT2D eigenvalue weighted by molar-refractivity contribution is 7.19. The molecule has 4 aliphatic rings. The summed E-state index contributed by atoms with van der Waals surface area (Å²) in [6.45, 7) is 2.96. The Morgan fingerprint density at radius 3 is 2.62 bits per heavy atom. The number of hydrogen-bond acceptors (Lipinski definition) is 8. The van der Waals surface area contributed by atoms with E-state index in [1.54, 1.807) is 22.0 Å². The van der Waals surface area contributed by atoms with Crippen LogP contribution in [-0.2, 0) is 28.0 Å². The van der Waals surface area contributed by atoms with Crippen molar-refractivity contribution in [3.63, 3.8) is 0 Å². The van der Waals surface area contributed by atoms with Crippen molar-refractivity contribution < 1.29 is 14.4 Å². The normalized spacial score (nSPS) is 22.0. The number of pyridine rings is 1. The predicted molar refractivity (Wildman–Crippen MR) is 152 cm³/mol. The maximum absolute atomic E-state index is 13.9. The van der Waals surface area contributed by atoms with Crippen molar-refractivity contribution >= 4 is 50.5 Å². The molecule has 40 heavy (non-hydrogen) atoms. The average Bonchev–Trinajstić information content (AvgIpc) is 3.47. The Balaban J connectivity index is 1.22. The zero-order valence-corrected chi connectivity index (χ0v) is 23.6. The third-order valence-electron chi connectivity index (χ3n) is 9.48. The van der Waals surface area contributed by atoms with Crippen molar-refractivity contribution in [2.24, 2.45) is 5.92 Å². The Hall–Kier alpha value is -3.40. The van der Waals surface area contributed by atoms with E-state index in [4.69, 9.17) is 0 Å². The number of anilines is 2. The van der Waals surface area contributed by atoms with Crippen LogP contribution in [0.5, 0.6) is 0 Å². The van der Waals surface area contributed by atoms with E-state index in [9.17, 15) is 19.2 Å². The first-order valence-electron chi connectivity index (χ1n) is 14.5. The monoisotopic (exact) mass is 559 g/mol. The second kappa shape index (κ2) is 9.61. The van der Waals surface area contributed by atoms with Crippen LogP contribution in [0.3, 0.4) is 0 Å². The molecule has 10 heteroatoms. The van der Waals surface area contributed by atoms with Crippen LogP contribution in [-0.4, -0.2) is 50.0 Å². The number of thiophene rings is 1. The summed E-state index contributed by atoms with van der Waals surface area (Å²) in [7, 11) is 0. The second-order valence-electron chi connectivity index (χ2n) is 12.0. The fourth-order valence-electron chi connectivity index (χ4n) is 7.48. The van der Waals surface area contributed by atoms with E-state index < -0.39 is 5.54 Å². The van der Waals surface area contributed by atoms with Crippen LogP contribution in [0.1, 0.15) is 84.3 Å². The molecule has 7 rings (SSSR count). The molecule has 3 aromatic heterocycles. The summed E-state index contributed by atoms with van der Waals surface area (Å²) in [6.07, 6.45) is 9.89. The highest BCUT2D eigenvalue weighted by Gasteiger charge is 2.45. The number of fused-ring (bicyclic) bond motifs is 5. The van der Waals surface area contributed by atoms with Crippen molar-refractivity contribution in [3.8, 4) is 0 Å². The van der Waals surface area contributed by atoms with E-state index >= 15 is 0 Å². The van der Waals surface area contributed by atoms with Gasteiger partial charge in [-0.25, -0.2) is 9.97 Å². The molecule has 0 unspecified atom stereocenters. The van der Waals surface area contributed by atoms with Gasteiger partial charge < -0.3 is 10.2 Å². The lowest BCUT2D eigenvalue weighted by atomic mass is 9.80. The van der Waals surface area contributed by atoms with Crippen molar-refractivity contribution in [1.29, 1.82) is 0 Å². The number of nitrogens with zero attached hydrogens (tertiary/aromatic N) is 4. The van der Waals surface area contributed by atoms with Crippen LogP contribution in [0.25, 0.3) is 10.2 Å². The number of piperidine rings is 1. The quantitative estimate of drug-likeness (QED) is 0.504. The summed E-state index contributed by atoms with van der Waals surface area (Å²) < 4.78 is 1.80. The Kier molecular flexibility index (Phi) is 6.14. The molecule has 9 nitrogen and oxygen atoms in total. The van der Waals surface area contributed by atoms with Gasteiger partial charge in [-0.15, -0.1) is 11.3 Å². The zero-order chi connectivity index (χ0) is 27.6. The van der Waals surface area contributed by atoms with Crippen LogP contribution in [0.15, 0.2) is 17.2 Å². The maximum atomic E-state index is 13.9. The molecule has 1 amide bonds. The molecule has 1 atom stereocenters. The first kappa shape index (κ1) is 25.6. The average molecular weight is 560 g/mol. The number of Topliss-reactive ketones (excluding diaryl/α,β-unsaturated/α-hetero) is 2. The van der Waals surface area contributed by atoms with Gasteiger partial charge in [-0.05, 0) is 56.2 Å². The smallest absolute Gasteiger partial charge is 0.275 e. The fraction of sp³-hybridized carbons (Fsp3) is 0.533. The highest BCUT2D eigenvalue weighted by Crippen LogP contribution is 2.44. The minimum Gasteiger partial charge on any atom is -0.342 e. The minimum absolute atomic E-state index is 0.0691. The van der Waals surface area contributed by atoms with Crippen molar-refractivity contribution in [2.45, 2.75) is 83.1 Å². The van der Waals surface area contributed by atoms with E-state index in [0.717, 1.165) is 71.2 Å². The molecular weight excluding hydrogens is 526 g/mol. The lowest BCUT2D eigenvalue weighted by molar-refractivity contribution is -0.138. The standard InChI is InChI=1S/C30H33N5O4S/c1-17-13-21(29(39)35-25(17)22(37)15-30(35)9-3-2-4-10-30)33-26-24-20-6-5-18(14-23(20)40-27(24)32-16-31-26)28(38)34-11-7-19(36)8-12-34/h13,16,18H,2-12,14-15H2,1H3,(H,31,32,33)/t18-/m0/s1. The number of nitrogens with one attached hydrogen (secondary N) is 1. The molecule has 2 aliphatic carbocycles. The Bertz CT molecular complexity index is 1620. The van der Waals surface area contributed by atoms with Crippen LogP contribution >= 0.6 is 11.3 Å². The third kappa shape index (κ3) is 4.02. The molecule has 0 bridgehead atoms. The Labute approximate surface area is 236 Å². The first-order chi connectivity index (χ1) is 19.3. The lowest BCUT2D eigenvalue weighted by Gasteiger charge is -2.35. The number of aromatic nitrogens is 3. The number of rotatable bonds is 3. The summed E-state index contributed by atoms with van der Waals surface area (Å²) in [5.41, 5.74) is 2.40. The summed E-state index contributed by atoms with van der Waals surface area (Å²) in [5.74, 6) is 0.955. The van der Waals surface area contributed by atoms with E-state index in [1.807, 2.05) is 11.8 Å². The number of aryl methyl sites for hydroxylation is 2. The van der Waals surface area contributed by atoms with E-state index in [0.29, 0.717) is 56.0 Å². The summed E-state index contributed by atoms with van der Waals surface area (Å²) in [4.78, 5) is 64.8. The van der Waals surface area contributed by atoms with Gasteiger partial charge in [0, 0.05) is 43.1 Å². The number of hydrogen-bond donors (Lipinski definition) is 1. The number of likely N-dealkylation sites (tertiary alicyclic amines) is 1. The van der Waals surface area contributed by atoms with Crippen LogP contribution in [0.4, 0.5) is 11.5 Å². The van der Waals surface area contributed by atoms with E-state index in [-0.39, 0.29) is 29.0 Å². The first-order valence-corrected chi connectivity index (χ1v) is 15.3. The lowest BCUT2D eigenvalue weighted by Crippen LogP contribution is -2.43. The summed E-state index contributed by atoms with van der Waals surface area (Å²) >= 11 is 1.59. The number of carbonyl (C=O) groups is 3. The fourth-order valence-corrected chi connectivity index (χ4v) is 8.75. The van der Waals surface area contributed by atoms with Crippen molar-refractivity contribution in [1.82, 2.24) is 19.4 Å². The van der Waals surface area contributed by atoms with Crippen molar-refractivity contribution in [3.05, 3.63) is 44.4 Å². The van der Waals surface area contributed by atoms with Gasteiger partial charge in [-0.1, -0.05) is 19.3 Å². The largest absolute Gasteiger partial charge is 0.342 e. The summed E-state index contributed by atoms with van der Waals surface area (Å²) in [6, 6.07) is 1.79. The molecule has 1 N–H and O–H groups in total. The SMILES string of the molecule is Cc1cc(Nc2ncnc3sc4c(c23)CC[C@H](C(=O)N2CCC(=O)CC2)C4)c(=O)n2c1C(=O)CC21CCCCC1. The number of amides is 1. The van der Waals surface area contributed by atoms with Gasteiger partial charge in [0.1, 0.15) is 28.4 Å².